The zero-order valence-corrected chi connectivity index (χ0v) is 26.3. The summed E-state index contributed by atoms with van der Waals surface area (Å²) in [5, 5.41) is 6.72. The quantitative estimate of drug-likeness (QED) is 0.193. The first kappa shape index (κ1) is 26.9. The number of rotatable bonds is 4. The van der Waals surface area contributed by atoms with E-state index in [4.69, 9.17) is 24.4 Å². The van der Waals surface area contributed by atoms with Gasteiger partial charge >= 0.3 is 0 Å². The Kier molecular flexibility index (Phi) is 5.98. The van der Waals surface area contributed by atoms with Gasteiger partial charge in [0.05, 0.1) is 0 Å². The van der Waals surface area contributed by atoms with Crippen molar-refractivity contribution in [3.05, 3.63) is 146 Å². The number of oxazole rings is 1. The lowest BCUT2D eigenvalue weighted by atomic mass is 10.0. The second kappa shape index (κ2) is 10.7. The van der Waals surface area contributed by atoms with Gasteiger partial charge in [0.15, 0.2) is 23.1 Å². The van der Waals surface area contributed by atoms with E-state index in [1.807, 2.05) is 60.7 Å². The maximum atomic E-state index is 6.48. The van der Waals surface area contributed by atoms with E-state index >= 15 is 0 Å². The third kappa shape index (κ3) is 4.38. The molecule has 10 rings (SSSR count). The summed E-state index contributed by atoms with van der Waals surface area (Å²) < 4.78 is 8.84. The topological polar surface area (TPSA) is 64.7 Å². The van der Waals surface area contributed by atoms with Crippen molar-refractivity contribution in [1.82, 2.24) is 19.9 Å². The van der Waals surface area contributed by atoms with E-state index in [0.717, 1.165) is 65.0 Å². The number of nitrogens with zero attached hydrogens (tertiary/aromatic N) is 4. The standard InChI is InChI=1S/C42H24N4OS/c1-3-11-26(12-4-1)39-44-40(30-19-18-25-10-7-8-15-28(25)22-30)46-41(45-39)31-17-9-16-29-23-36-33(24-32(29)31)37-35(48-36)21-20-34-38(37)47-42(43-34)27-13-5-2-6-14-27/h1-24H. The van der Waals surface area contributed by atoms with Gasteiger partial charge in [0, 0.05) is 42.4 Å². The molecule has 0 saturated carbocycles. The fourth-order valence-electron chi connectivity index (χ4n) is 6.59. The summed E-state index contributed by atoms with van der Waals surface area (Å²) in [6.07, 6.45) is 0. The van der Waals surface area contributed by atoms with Gasteiger partial charge in [-0.05, 0) is 64.0 Å². The lowest BCUT2D eigenvalue weighted by Gasteiger charge is -2.11. The Morgan fingerprint density at radius 1 is 0.438 bits per heavy atom. The van der Waals surface area contributed by atoms with Crippen LogP contribution in [0.1, 0.15) is 0 Å². The normalized spacial score (nSPS) is 11.8. The minimum absolute atomic E-state index is 0.624. The van der Waals surface area contributed by atoms with Gasteiger partial charge in [-0.3, -0.25) is 0 Å². The average molecular weight is 633 g/mol. The highest BCUT2D eigenvalue weighted by atomic mass is 32.1. The highest BCUT2D eigenvalue weighted by molar-refractivity contribution is 7.26. The van der Waals surface area contributed by atoms with Crippen LogP contribution in [0.25, 0.3) is 98.4 Å². The van der Waals surface area contributed by atoms with Gasteiger partial charge in [0.1, 0.15) is 5.52 Å². The predicted molar refractivity (Wildman–Crippen MR) is 197 cm³/mol. The molecule has 0 radical (unpaired) electrons. The van der Waals surface area contributed by atoms with Gasteiger partial charge in [-0.1, -0.05) is 103 Å². The van der Waals surface area contributed by atoms with E-state index in [1.165, 1.54) is 10.1 Å². The van der Waals surface area contributed by atoms with Crippen molar-refractivity contribution < 1.29 is 4.42 Å². The van der Waals surface area contributed by atoms with Crippen LogP contribution in [0.5, 0.6) is 0 Å². The van der Waals surface area contributed by atoms with Crippen molar-refractivity contribution in [3.63, 3.8) is 0 Å². The average Bonchev–Trinajstić information content (AvgIpc) is 3.75. The first-order valence-corrected chi connectivity index (χ1v) is 16.6. The molecule has 224 valence electrons. The Labute approximate surface area is 278 Å². The van der Waals surface area contributed by atoms with E-state index in [1.54, 1.807) is 11.3 Å². The number of fused-ring (bicyclic) bond motifs is 7. The summed E-state index contributed by atoms with van der Waals surface area (Å²) in [5.74, 6) is 2.53. The molecule has 0 N–H and O–H groups in total. The van der Waals surface area contributed by atoms with Crippen LogP contribution >= 0.6 is 11.3 Å². The smallest absolute Gasteiger partial charge is 0.227 e. The van der Waals surface area contributed by atoms with Gasteiger partial charge in [0.25, 0.3) is 0 Å². The molecule has 0 atom stereocenters. The molecule has 6 heteroatoms. The number of hydrogen-bond donors (Lipinski definition) is 0. The van der Waals surface area contributed by atoms with Crippen LogP contribution in [-0.4, -0.2) is 19.9 Å². The summed E-state index contributed by atoms with van der Waals surface area (Å²) >= 11 is 1.77. The molecule has 5 nitrogen and oxygen atoms in total. The van der Waals surface area contributed by atoms with Crippen LogP contribution in [0.3, 0.4) is 0 Å². The van der Waals surface area contributed by atoms with Crippen LogP contribution < -0.4 is 0 Å². The number of hydrogen-bond acceptors (Lipinski definition) is 6. The third-order valence-corrected chi connectivity index (χ3v) is 10.0. The first-order valence-electron chi connectivity index (χ1n) is 15.8. The van der Waals surface area contributed by atoms with Crippen molar-refractivity contribution in [1.29, 1.82) is 0 Å². The zero-order chi connectivity index (χ0) is 31.6. The monoisotopic (exact) mass is 632 g/mol. The lowest BCUT2D eigenvalue weighted by molar-refractivity contribution is 0.623. The summed E-state index contributed by atoms with van der Waals surface area (Å²) in [6.45, 7) is 0. The van der Waals surface area contributed by atoms with E-state index in [9.17, 15) is 0 Å². The summed E-state index contributed by atoms with van der Waals surface area (Å²) in [5.41, 5.74) is 5.45. The van der Waals surface area contributed by atoms with Crippen molar-refractivity contribution in [2.45, 2.75) is 0 Å². The van der Waals surface area contributed by atoms with Crippen molar-refractivity contribution in [2.75, 3.05) is 0 Å². The van der Waals surface area contributed by atoms with Crippen LogP contribution in [0.15, 0.2) is 150 Å². The van der Waals surface area contributed by atoms with E-state index in [2.05, 4.69) is 84.9 Å². The van der Waals surface area contributed by atoms with Crippen LogP contribution in [-0.2, 0) is 0 Å². The molecule has 3 aromatic heterocycles. The Bertz CT molecular complexity index is 2840. The fourth-order valence-corrected chi connectivity index (χ4v) is 7.72. The summed E-state index contributed by atoms with van der Waals surface area (Å²) in [7, 11) is 0. The molecule has 0 unspecified atom stereocenters. The van der Waals surface area contributed by atoms with Crippen LogP contribution in [0, 0.1) is 0 Å². The molecule has 0 bridgehead atoms. The lowest BCUT2D eigenvalue weighted by Crippen LogP contribution is -2.00. The SMILES string of the molecule is c1ccc(-c2nc(-c3ccc4ccccc4c3)nc(-c3cccc4cc5sc6ccc7nc(-c8ccccc8)oc7c6c5cc34)n2)cc1. The molecule has 0 spiro atoms. The van der Waals surface area contributed by atoms with E-state index in [-0.39, 0.29) is 0 Å². The number of thiophene rings is 1. The molecule has 10 aromatic rings. The molecule has 0 aliphatic carbocycles. The van der Waals surface area contributed by atoms with Crippen LogP contribution in [0.4, 0.5) is 0 Å². The van der Waals surface area contributed by atoms with Crippen LogP contribution in [0.2, 0.25) is 0 Å². The Balaban J connectivity index is 1.21. The van der Waals surface area contributed by atoms with Crippen molar-refractivity contribution in [2.24, 2.45) is 0 Å². The molecule has 0 saturated heterocycles. The van der Waals surface area contributed by atoms with E-state index in [0.29, 0.717) is 23.4 Å². The van der Waals surface area contributed by atoms with E-state index < -0.39 is 0 Å². The van der Waals surface area contributed by atoms with Crippen molar-refractivity contribution in [3.8, 4) is 45.6 Å². The highest BCUT2D eigenvalue weighted by Gasteiger charge is 2.19. The van der Waals surface area contributed by atoms with Gasteiger partial charge in [-0.2, -0.15) is 0 Å². The molecule has 0 aliphatic heterocycles. The minimum atomic E-state index is 0.624. The zero-order valence-electron chi connectivity index (χ0n) is 25.5. The second-order valence-corrected chi connectivity index (χ2v) is 13.0. The molecule has 0 fully saturated rings. The minimum Gasteiger partial charge on any atom is -0.435 e. The number of benzene rings is 7. The Hall–Kier alpha value is -6.24. The maximum Gasteiger partial charge on any atom is 0.227 e. The third-order valence-electron chi connectivity index (χ3n) is 8.93. The molecule has 3 heterocycles. The molecule has 0 aliphatic rings. The molecule has 0 amide bonds. The maximum absolute atomic E-state index is 6.48. The molecular weight excluding hydrogens is 609 g/mol. The Morgan fingerprint density at radius 2 is 1.15 bits per heavy atom. The van der Waals surface area contributed by atoms with Crippen molar-refractivity contribution >= 4 is 64.2 Å². The molecule has 48 heavy (non-hydrogen) atoms. The summed E-state index contributed by atoms with van der Waals surface area (Å²) in [6, 6.07) is 50.0. The highest BCUT2D eigenvalue weighted by Crippen LogP contribution is 2.43. The predicted octanol–water partition coefficient (Wildman–Crippen LogP) is 11.4. The fraction of sp³-hybridized carbons (Fsp3) is 0. The van der Waals surface area contributed by atoms with Gasteiger partial charge < -0.3 is 4.42 Å². The van der Waals surface area contributed by atoms with Gasteiger partial charge in [-0.25, -0.2) is 19.9 Å². The summed E-state index contributed by atoms with van der Waals surface area (Å²) in [4.78, 5) is 20.1. The first-order chi connectivity index (χ1) is 23.7. The largest absolute Gasteiger partial charge is 0.435 e. The van der Waals surface area contributed by atoms with Gasteiger partial charge in [-0.15, -0.1) is 11.3 Å². The van der Waals surface area contributed by atoms with Gasteiger partial charge in [0.2, 0.25) is 5.89 Å². The Morgan fingerprint density at radius 3 is 1.98 bits per heavy atom. The molecular formula is C42H24N4OS. The second-order valence-electron chi connectivity index (χ2n) is 11.9. The number of aromatic nitrogens is 4. The molecule has 7 aromatic carbocycles.